The Kier molecular flexibility index (Phi) is 6.44. The van der Waals surface area contributed by atoms with Crippen LogP contribution in [0.4, 0.5) is 5.13 Å². The molecule has 3 aliphatic rings. The molecule has 2 heterocycles. The van der Waals surface area contributed by atoms with Crippen molar-refractivity contribution in [3.8, 4) is 0 Å². The molecule has 0 spiro atoms. The maximum absolute atomic E-state index is 13.5. The van der Waals surface area contributed by atoms with Gasteiger partial charge in [0.2, 0.25) is 0 Å². The Hall–Kier alpha value is -3.27. The van der Waals surface area contributed by atoms with Crippen molar-refractivity contribution >= 4 is 40.3 Å². The number of aliphatic carboxylic acids is 1. The van der Waals surface area contributed by atoms with Crippen LogP contribution in [-0.2, 0) is 28.7 Å². The van der Waals surface area contributed by atoms with Gasteiger partial charge in [-0.3, -0.25) is 19.7 Å². The van der Waals surface area contributed by atoms with Gasteiger partial charge in [-0.2, -0.15) is 0 Å². The van der Waals surface area contributed by atoms with E-state index in [0.29, 0.717) is 23.5 Å². The van der Waals surface area contributed by atoms with E-state index in [-0.39, 0.29) is 36.7 Å². The van der Waals surface area contributed by atoms with Crippen molar-refractivity contribution in [1.29, 1.82) is 0 Å². The molecule has 1 aromatic heterocycles. The van der Waals surface area contributed by atoms with Crippen LogP contribution in [0, 0.1) is 11.3 Å². The number of amides is 1. The number of rotatable bonds is 6. The molecule has 2 fully saturated rings. The van der Waals surface area contributed by atoms with Crippen molar-refractivity contribution in [2.45, 2.75) is 64.1 Å². The second-order valence-electron chi connectivity index (χ2n) is 9.47. The first-order valence-corrected chi connectivity index (χ1v) is 12.3. The molecule has 0 aromatic carbocycles. The number of aromatic nitrogens is 1. The van der Waals surface area contributed by atoms with Gasteiger partial charge in [0.05, 0.1) is 0 Å². The lowest BCUT2D eigenvalue weighted by Gasteiger charge is -2.54. The fourth-order valence-electron chi connectivity index (χ4n) is 5.81. The fourth-order valence-corrected chi connectivity index (χ4v) is 6.34. The van der Waals surface area contributed by atoms with Crippen LogP contribution in [0.1, 0.15) is 52.9 Å². The van der Waals surface area contributed by atoms with E-state index in [1.54, 1.807) is 49.7 Å². The molecular weight excluding hydrogens is 472 g/mol. The number of carbonyl (C=O) groups is 4. The zero-order valence-electron chi connectivity index (χ0n) is 19.8. The second-order valence-corrected chi connectivity index (χ2v) is 10.4. The Morgan fingerprint density at radius 1 is 1.31 bits per heavy atom. The third-order valence-electron chi connectivity index (χ3n) is 7.48. The normalized spacial score (nSPS) is 32.3. The van der Waals surface area contributed by atoms with Gasteiger partial charge in [0.1, 0.15) is 16.6 Å². The number of ether oxygens (including phenoxy) is 2. The van der Waals surface area contributed by atoms with Crippen LogP contribution >= 0.6 is 11.3 Å². The maximum Gasteiger partial charge on any atom is 0.331 e. The summed E-state index contributed by atoms with van der Waals surface area (Å²) in [4.78, 5) is 53.9. The van der Waals surface area contributed by atoms with Gasteiger partial charge in [0.15, 0.2) is 5.13 Å². The van der Waals surface area contributed by atoms with E-state index in [1.165, 1.54) is 18.3 Å². The van der Waals surface area contributed by atoms with E-state index in [9.17, 15) is 24.3 Å². The lowest BCUT2D eigenvalue weighted by molar-refractivity contribution is -0.235. The topological polar surface area (TPSA) is 132 Å². The summed E-state index contributed by atoms with van der Waals surface area (Å²) in [7, 11) is 0. The highest BCUT2D eigenvalue weighted by molar-refractivity contribution is 7.13. The number of hydrogen-bond donors (Lipinski definition) is 2. The van der Waals surface area contributed by atoms with Gasteiger partial charge in [0.25, 0.3) is 5.91 Å². The SMILES string of the molecule is CC(=O)O[C@]12CCC(C(=O)O)=CC[C@]13CC[C@H]2[C@@](C)(/C=C/C=C(\C)C(=O)Nc1nccs1)OC3=O. The molecule has 35 heavy (non-hydrogen) atoms. The van der Waals surface area contributed by atoms with Gasteiger partial charge in [-0.25, -0.2) is 9.78 Å². The van der Waals surface area contributed by atoms with Crippen LogP contribution in [0.2, 0.25) is 0 Å². The Labute approximate surface area is 206 Å². The Morgan fingerprint density at radius 3 is 2.74 bits per heavy atom. The summed E-state index contributed by atoms with van der Waals surface area (Å²) in [5.41, 5.74) is -2.76. The summed E-state index contributed by atoms with van der Waals surface area (Å²) in [5.74, 6) is -2.73. The lowest BCUT2D eigenvalue weighted by atomic mass is 9.62. The molecule has 1 amide bonds. The first-order chi connectivity index (χ1) is 16.5. The standard InChI is InChI=1S/C25H28N2O7S/c1-15(19(29)27-22-26-13-14-35-22)5-4-9-23(3)18-8-11-24(21(32)34-23)10-6-17(20(30)31)7-12-25(18,24)33-16(2)28/h4-6,9,13-14,18H,7-8,10-12H2,1-3H3,(H,30,31)(H,26,27,29)/b9-4+,15-5+/t18-,23+,24+,25-/m0/s1. The molecule has 2 aliphatic carbocycles. The molecule has 1 saturated heterocycles. The number of nitrogens with zero attached hydrogens (tertiary/aromatic N) is 1. The molecule has 4 rings (SSSR count). The summed E-state index contributed by atoms with van der Waals surface area (Å²) in [5, 5.41) is 14.5. The molecule has 10 heteroatoms. The van der Waals surface area contributed by atoms with E-state index in [0.717, 1.165) is 0 Å². The summed E-state index contributed by atoms with van der Waals surface area (Å²) >= 11 is 1.31. The first-order valence-electron chi connectivity index (χ1n) is 11.5. The predicted molar refractivity (Wildman–Crippen MR) is 127 cm³/mol. The number of nitrogens with one attached hydrogen (secondary N) is 1. The van der Waals surface area contributed by atoms with Crippen molar-refractivity contribution < 1.29 is 33.8 Å². The third-order valence-corrected chi connectivity index (χ3v) is 8.16. The predicted octanol–water partition coefficient (Wildman–Crippen LogP) is 3.79. The lowest BCUT2D eigenvalue weighted by Crippen LogP contribution is -2.65. The number of carboxylic acid groups (broad SMARTS) is 1. The summed E-state index contributed by atoms with van der Waals surface area (Å²) in [6.07, 6.45) is 9.72. The van der Waals surface area contributed by atoms with Gasteiger partial charge >= 0.3 is 17.9 Å². The molecule has 1 saturated carbocycles. The highest BCUT2D eigenvalue weighted by Gasteiger charge is 2.74. The summed E-state index contributed by atoms with van der Waals surface area (Å²) in [6, 6.07) is 0. The zero-order chi connectivity index (χ0) is 25.4. The van der Waals surface area contributed by atoms with E-state index in [1.807, 2.05) is 0 Å². The molecule has 1 aliphatic heterocycles. The third kappa shape index (κ3) is 4.20. The van der Waals surface area contributed by atoms with Crippen molar-refractivity contribution in [3.63, 3.8) is 0 Å². The molecule has 0 radical (unpaired) electrons. The van der Waals surface area contributed by atoms with Gasteiger partial charge in [-0.05, 0) is 52.0 Å². The highest BCUT2D eigenvalue weighted by Crippen LogP contribution is 2.65. The van der Waals surface area contributed by atoms with Gasteiger partial charge in [-0.1, -0.05) is 18.2 Å². The number of cyclic esters (lactones) is 1. The van der Waals surface area contributed by atoms with Crippen LogP contribution < -0.4 is 5.32 Å². The average molecular weight is 501 g/mol. The van der Waals surface area contributed by atoms with Crippen molar-refractivity contribution in [1.82, 2.24) is 4.98 Å². The van der Waals surface area contributed by atoms with Crippen molar-refractivity contribution in [2.24, 2.45) is 11.3 Å². The fraction of sp³-hybridized carbons (Fsp3) is 0.480. The van der Waals surface area contributed by atoms with Crippen LogP contribution in [0.15, 0.2) is 47.0 Å². The van der Waals surface area contributed by atoms with Crippen LogP contribution in [0.5, 0.6) is 0 Å². The second kappa shape index (κ2) is 9.07. The number of carboxylic acids is 1. The number of thiazole rings is 1. The van der Waals surface area contributed by atoms with E-state index < -0.39 is 34.5 Å². The van der Waals surface area contributed by atoms with E-state index >= 15 is 0 Å². The number of carbonyl (C=O) groups excluding carboxylic acids is 3. The van der Waals surface area contributed by atoms with Crippen molar-refractivity contribution in [3.05, 3.63) is 47.0 Å². The van der Waals surface area contributed by atoms with Crippen molar-refractivity contribution in [2.75, 3.05) is 5.32 Å². The minimum Gasteiger partial charge on any atom is -0.478 e. The minimum atomic E-state index is -1.18. The highest BCUT2D eigenvalue weighted by atomic mass is 32.1. The molecule has 1 aromatic rings. The smallest absolute Gasteiger partial charge is 0.331 e. The molecule has 0 unspecified atom stereocenters. The van der Waals surface area contributed by atoms with Crippen LogP contribution in [0.25, 0.3) is 0 Å². The molecule has 2 N–H and O–H groups in total. The quantitative estimate of drug-likeness (QED) is 0.343. The largest absolute Gasteiger partial charge is 0.478 e. The number of allylic oxidation sites excluding steroid dienone is 3. The number of esters is 2. The molecule has 2 bridgehead atoms. The van der Waals surface area contributed by atoms with Gasteiger partial charge < -0.3 is 14.6 Å². The molecule has 186 valence electrons. The van der Waals surface area contributed by atoms with Crippen LogP contribution in [0.3, 0.4) is 0 Å². The Bertz CT molecular complexity index is 1150. The summed E-state index contributed by atoms with van der Waals surface area (Å²) < 4.78 is 11.9. The average Bonchev–Trinajstić information content (AvgIpc) is 3.32. The molecular formula is C25H28N2O7S. The van der Waals surface area contributed by atoms with Crippen LogP contribution in [-0.4, -0.2) is 45.1 Å². The Balaban J connectivity index is 1.64. The first kappa shape index (κ1) is 24.8. The number of anilines is 1. The molecule has 9 nitrogen and oxygen atoms in total. The monoisotopic (exact) mass is 500 g/mol. The Morgan fingerprint density at radius 2 is 2.09 bits per heavy atom. The zero-order valence-corrected chi connectivity index (χ0v) is 20.6. The van der Waals surface area contributed by atoms with Gasteiger partial charge in [-0.15, -0.1) is 11.3 Å². The number of hydrogen-bond acceptors (Lipinski definition) is 8. The minimum absolute atomic E-state index is 0.146. The molecule has 4 atom stereocenters. The van der Waals surface area contributed by atoms with E-state index in [4.69, 9.17) is 9.47 Å². The van der Waals surface area contributed by atoms with Gasteiger partial charge in [0, 0.05) is 35.6 Å². The summed E-state index contributed by atoms with van der Waals surface area (Å²) in [6.45, 7) is 4.73. The maximum atomic E-state index is 13.5. The van der Waals surface area contributed by atoms with E-state index in [2.05, 4.69) is 10.3 Å².